The van der Waals surface area contributed by atoms with Crippen molar-refractivity contribution in [2.45, 2.75) is 31.7 Å². The van der Waals surface area contributed by atoms with Gasteiger partial charge in [-0.25, -0.2) is 0 Å². The molecule has 1 aliphatic rings. The third-order valence-electron chi connectivity index (χ3n) is 1.72. The molecule has 1 N–H and O–H groups in total. The highest BCUT2D eigenvalue weighted by molar-refractivity contribution is 5.46. The first-order chi connectivity index (χ1) is 4.43. The molecular formula is C7H12NO. The Kier molecular flexibility index (Phi) is 2.55. The van der Waals surface area contributed by atoms with E-state index in [0.29, 0.717) is 6.04 Å². The molecule has 1 rings (SSSR count). The summed E-state index contributed by atoms with van der Waals surface area (Å²) in [7, 11) is 0. The van der Waals surface area contributed by atoms with E-state index in [2.05, 4.69) is 11.7 Å². The van der Waals surface area contributed by atoms with Crippen molar-refractivity contribution in [1.82, 2.24) is 5.32 Å². The zero-order valence-electron chi connectivity index (χ0n) is 5.47. The molecule has 9 heavy (non-hydrogen) atoms. The van der Waals surface area contributed by atoms with E-state index in [9.17, 15) is 4.79 Å². The zero-order valence-corrected chi connectivity index (χ0v) is 5.47. The van der Waals surface area contributed by atoms with E-state index in [1.54, 1.807) is 0 Å². The molecule has 0 bridgehead atoms. The molecule has 0 heterocycles. The number of carbonyl (C=O) groups excluding carboxylic acids is 1. The van der Waals surface area contributed by atoms with Crippen molar-refractivity contribution in [2.24, 2.45) is 0 Å². The van der Waals surface area contributed by atoms with E-state index in [4.69, 9.17) is 0 Å². The molecule has 0 aliphatic heterocycles. The molecule has 0 aromatic rings. The topological polar surface area (TPSA) is 29.1 Å². The van der Waals surface area contributed by atoms with Crippen LogP contribution in [0.1, 0.15) is 25.7 Å². The summed E-state index contributed by atoms with van der Waals surface area (Å²) >= 11 is 0. The van der Waals surface area contributed by atoms with Crippen LogP contribution in [-0.2, 0) is 4.79 Å². The smallest absolute Gasteiger partial charge is 0.207 e. The van der Waals surface area contributed by atoms with E-state index in [1.165, 1.54) is 12.8 Å². The molecule has 51 valence electrons. The van der Waals surface area contributed by atoms with Gasteiger partial charge in [-0.3, -0.25) is 4.79 Å². The van der Waals surface area contributed by atoms with Gasteiger partial charge in [-0.15, -0.1) is 0 Å². The van der Waals surface area contributed by atoms with Crippen LogP contribution in [-0.4, -0.2) is 12.5 Å². The van der Waals surface area contributed by atoms with Gasteiger partial charge in [0.15, 0.2) is 0 Å². The van der Waals surface area contributed by atoms with Crippen molar-refractivity contribution >= 4 is 6.41 Å². The normalized spacial score (nSPS) is 21.3. The quantitative estimate of drug-likeness (QED) is 0.547. The van der Waals surface area contributed by atoms with E-state index >= 15 is 0 Å². The summed E-state index contributed by atoms with van der Waals surface area (Å²) in [5.74, 6) is 0. The monoisotopic (exact) mass is 126 g/mol. The molecule has 0 aromatic carbocycles. The van der Waals surface area contributed by atoms with Crippen LogP contribution < -0.4 is 5.32 Å². The first kappa shape index (κ1) is 6.59. The minimum absolute atomic E-state index is 0.427. The van der Waals surface area contributed by atoms with Crippen molar-refractivity contribution in [1.29, 1.82) is 0 Å². The maximum atomic E-state index is 9.95. The first-order valence-electron chi connectivity index (χ1n) is 3.45. The standard InChI is InChI=1S/C7H12NO/c9-6-8-7-4-2-1-3-5-7/h2,6-7H,1,3-5H2,(H,8,9). The summed E-state index contributed by atoms with van der Waals surface area (Å²) in [4.78, 5) is 9.95. The molecule has 1 unspecified atom stereocenters. The number of carbonyl (C=O) groups is 1. The van der Waals surface area contributed by atoms with E-state index < -0.39 is 0 Å². The molecule has 1 fully saturated rings. The van der Waals surface area contributed by atoms with Crippen LogP contribution in [0, 0.1) is 6.42 Å². The number of nitrogens with one attached hydrogen (secondary N) is 1. The Balaban J connectivity index is 2.15. The summed E-state index contributed by atoms with van der Waals surface area (Å²) in [6.07, 6.45) is 7.69. The third-order valence-corrected chi connectivity index (χ3v) is 1.72. The summed E-state index contributed by atoms with van der Waals surface area (Å²) in [5.41, 5.74) is 0. The van der Waals surface area contributed by atoms with Crippen LogP contribution in [0.4, 0.5) is 0 Å². The molecule has 2 heteroatoms. The van der Waals surface area contributed by atoms with Crippen LogP contribution in [0.3, 0.4) is 0 Å². The van der Waals surface area contributed by atoms with Crippen LogP contribution in [0.5, 0.6) is 0 Å². The average molecular weight is 126 g/mol. The zero-order chi connectivity index (χ0) is 6.53. The summed E-state index contributed by atoms with van der Waals surface area (Å²) in [6.45, 7) is 0. The largest absolute Gasteiger partial charge is 0.356 e. The lowest BCUT2D eigenvalue weighted by atomic mass is 9.96. The Bertz CT molecular complexity index is 86.9. The van der Waals surface area contributed by atoms with Gasteiger partial charge >= 0.3 is 0 Å². The van der Waals surface area contributed by atoms with Gasteiger partial charge in [-0.2, -0.15) is 0 Å². The van der Waals surface area contributed by atoms with E-state index in [1.807, 2.05) is 0 Å². The highest BCUT2D eigenvalue weighted by Gasteiger charge is 2.10. The molecule has 0 aromatic heterocycles. The summed E-state index contributed by atoms with van der Waals surface area (Å²) in [5, 5.41) is 2.77. The van der Waals surface area contributed by atoms with Gasteiger partial charge < -0.3 is 5.32 Å². The Morgan fingerprint density at radius 2 is 2.56 bits per heavy atom. The van der Waals surface area contributed by atoms with Gasteiger partial charge in [-0.05, 0) is 19.3 Å². The van der Waals surface area contributed by atoms with Gasteiger partial charge in [0.2, 0.25) is 6.41 Å². The van der Waals surface area contributed by atoms with Crippen molar-refractivity contribution < 1.29 is 4.79 Å². The predicted molar refractivity (Wildman–Crippen MR) is 35.8 cm³/mol. The minimum atomic E-state index is 0.427. The maximum Gasteiger partial charge on any atom is 0.207 e. The van der Waals surface area contributed by atoms with Gasteiger partial charge in [0.05, 0.1) is 0 Å². The van der Waals surface area contributed by atoms with E-state index in [-0.39, 0.29) is 0 Å². The predicted octanol–water partition coefficient (Wildman–Crippen LogP) is 0.879. The SMILES string of the molecule is O=CNC1C[CH]CCC1. The van der Waals surface area contributed by atoms with Crippen LogP contribution in [0.25, 0.3) is 0 Å². The van der Waals surface area contributed by atoms with Gasteiger partial charge in [0, 0.05) is 6.04 Å². The Labute approximate surface area is 55.6 Å². The molecular weight excluding hydrogens is 114 g/mol. The van der Waals surface area contributed by atoms with Gasteiger partial charge in [0.25, 0.3) is 0 Å². The Morgan fingerprint density at radius 3 is 3.11 bits per heavy atom. The minimum Gasteiger partial charge on any atom is -0.356 e. The molecule has 0 saturated heterocycles. The molecule has 1 saturated carbocycles. The molecule has 1 aliphatic carbocycles. The van der Waals surface area contributed by atoms with Crippen LogP contribution in [0.15, 0.2) is 0 Å². The number of hydrogen-bond donors (Lipinski definition) is 1. The second-order valence-corrected chi connectivity index (χ2v) is 2.44. The van der Waals surface area contributed by atoms with Crippen molar-refractivity contribution in [3.8, 4) is 0 Å². The number of rotatable bonds is 2. The Hall–Kier alpha value is -0.530. The van der Waals surface area contributed by atoms with Gasteiger partial charge in [-0.1, -0.05) is 12.8 Å². The molecule has 2 nitrogen and oxygen atoms in total. The second kappa shape index (κ2) is 3.49. The van der Waals surface area contributed by atoms with Crippen LogP contribution >= 0.6 is 0 Å². The highest BCUT2D eigenvalue weighted by Crippen LogP contribution is 2.15. The van der Waals surface area contributed by atoms with Crippen molar-refractivity contribution in [3.05, 3.63) is 6.42 Å². The maximum absolute atomic E-state index is 9.95. The fourth-order valence-electron chi connectivity index (χ4n) is 1.19. The molecule has 1 amide bonds. The Morgan fingerprint density at radius 1 is 1.67 bits per heavy atom. The molecule has 0 spiro atoms. The van der Waals surface area contributed by atoms with E-state index in [0.717, 1.165) is 19.3 Å². The fraction of sp³-hybridized carbons (Fsp3) is 0.714. The molecule has 1 radical (unpaired) electrons. The second-order valence-electron chi connectivity index (χ2n) is 2.44. The average Bonchev–Trinajstić information content (AvgIpc) is 1.91. The fourth-order valence-corrected chi connectivity index (χ4v) is 1.19. The summed E-state index contributed by atoms with van der Waals surface area (Å²) in [6, 6.07) is 0.427. The lowest BCUT2D eigenvalue weighted by molar-refractivity contribution is -0.110. The van der Waals surface area contributed by atoms with Crippen LogP contribution in [0.2, 0.25) is 0 Å². The highest BCUT2D eigenvalue weighted by atomic mass is 16.1. The number of hydrogen-bond acceptors (Lipinski definition) is 1. The lowest BCUT2D eigenvalue weighted by Crippen LogP contribution is -2.29. The lowest BCUT2D eigenvalue weighted by Gasteiger charge is -2.19. The van der Waals surface area contributed by atoms with Gasteiger partial charge in [0.1, 0.15) is 0 Å². The summed E-state index contributed by atoms with van der Waals surface area (Å²) < 4.78 is 0. The number of amides is 1. The van der Waals surface area contributed by atoms with Crippen molar-refractivity contribution in [2.75, 3.05) is 0 Å². The third kappa shape index (κ3) is 2.04. The molecule has 1 atom stereocenters. The van der Waals surface area contributed by atoms with Crippen molar-refractivity contribution in [3.63, 3.8) is 0 Å². The first-order valence-corrected chi connectivity index (χ1v) is 3.45.